The second-order valence-corrected chi connectivity index (χ2v) is 4.53. The summed E-state index contributed by atoms with van der Waals surface area (Å²) in [6, 6.07) is 1.05. The lowest BCUT2D eigenvalue weighted by Crippen LogP contribution is -2.41. The summed E-state index contributed by atoms with van der Waals surface area (Å²) in [5, 5.41) is 7.83. The van der Waals surface area contributed by atoms with E-state index in [-0.39, 0.29) is 0 Å². The number of nitrogens with one attached hydrogen (secondary N) is 1. The first-order chi connectivity index (χ1) is 7.31. The highest BCUT2D eigenvalue weighted by Gasteiger charge is 2.29. The fraction of sp³-hybridized carbons (Fsp3) is 0.818. The van der Waals surface area contributed by atoms with Gasteiger partial charge in [0, 0.05) is 6.04 Å². The minimum Gasteiger partial charge on any atom is -0.312 e. The Morgan fingerprint density at radius 3 is 3.00 bits per heavy atom. The Bertz CT molecular complexity index is 283. The van der Waals surface area contributed by atoms with E-state index in [1.165, 1.54) is 19.3 Å². The molecule has 1 N–H and O–H groups in total. The van der Waals surface area contributed by atoms with Crippen LogP contribution in [-0.2, 0) is 0 Å². The molecule has 4 nitrogen and oxygen atoms in total. The van der Waals surface area contributed by atoms with E-state index < -0.39 is 0 Å². The molecule has 3 atom stereocenters. The summed E-state index contributed by atoms with van der Waals surface area (Å²) in [6.45, 7) is 5.52. The molecule has 2 rings (SSSR count). The van der Waals surface area contributed by atoms with E-state index in [0.717, 1.165) is 12.5 Å². The van der Waals surface area contributed by atoms with Gasteiger partial charge in [0.15, 0.2) is 0 Å². The summed E-state index contributed by atoms with van der Waals surface area (Å²) >= 11 is 0. The first kappa shape index (κ1) is 10.6. The Morgan fingerprint density at radius 1 is 1.47 bits per heavy atom. The molecule has 0 saturated heterocycles. The Kier molecular flexibility index (Phi) is 3.36. The lowest BCUT2D eigenvalue weighted by Gasteiger charge is -2.35. The largest absolute Gasteiger partial charge is 0.312 e. The Labute approximate surface area is 91.1 Å². The predicted molar refractivity (Wildman–Crippen MR) is 59.5 cm³/mol. The molecule has 1 aliphatic rings. The average Bonchev–Trinajstić information content (AvgIpc) is 2.74. The predicted octanol–water partition coefficient (Wildman–Crippen LogP) is 1.62. The lowest BCUT2D eigenvalue weighted by molar-refractivity contribution is 0.205. The fourth-order valence-corrected chi connectivity index (χ4v) is 2.53. The number of hydrogen-bond acceptors (Lipinski definition) is 3. The average molecular weight is 208 g/mol. The molecule has 0 aromatic carbocycles. The highest BCUT2D eigenvalue weighted by Crippen LogP contribution is 2.31. The first-order valence-corrected chi connectivity index (χ1v) is 5.88. The molecule has 84 valence electrons. The summed E-state index contributed by atoms with van der Waals surface area (Å²) in [5.41, 5.74) is 0. The third-order valence-corrected chi connectivity index (χ3v) is 3.32. The molecule has 15 heavy (non-hydrogen) atoms. The van der Waals surface area contributed by atoms with Crippen LogP contribution >= 0.6 is 0 Å². The molecule has 0 bridgehead atoms. The molecule has 1 heterocycles. The van der Waals surface area contributed by atoms with Crippen molar-refractivity contribution in [3.05, 3.63) is 12.7 Å². The van der Waals surface area contributed by atoms with Gasteiger partial charge in [-0.1, -0.05) is 13.8 Å². The molecule has 3 unspecified atom stereocenters. The van der Waals surface area contributed by atoms with Gasteiger partial charge < -0.3 is 5.32 Å². The highest BCUT2D eigenvalue weighted by molar-refractivity contribution is 4.87. The van der Waals surface area contributed by atoms with Crippen molar-refractivity contribution in [1.29, 1.82) is 0 Å². The zero-order chi connectivity index (χ0) is 10.7. The Hall–Kier alpha value is -0.900. The molecular formula is C11H20N4. The number of likely N-dealkylation sites (N-methyl/N-ethyl adjacent to an activating group) is 1. The molecule has 0 amide bonds. The number of nitrogens with zero attached hydrogens (tertiary/aromatic N) is 3. The molecule has 1 aromatic heterocycles. The SMILES string of the molecule is CCNC1CCC(C)CC1n1cncn1. The number of aromatic nitrogens is 3. The molecule has 1 fully saturated rings. The van der Waals surface area contributed by atoms with Crippen LogP contribution in [0.1, 0.15) is 39.2 Å². The van der Waals surface area contributed by atoms with Gasteiger partial charge in [0.2, 0.25) is 0 Å². The van der Waals surface area contributed by atoms with Crippen LogP contribution in [0.3, 0.4) is 0 Å². The lowest BCUT2D eigenvalue weighted by atomic mass is 9.83. The van der Waals surface area contributed by atoms with Crippen LogP contribution in [0.2, 0.25) is 0 Å². The maximum atomic E-state index is 4.27. The van der Waals surface area contributed by atoms with Gasteiger partial charge in [-0.2, -0.15) is 5.10 Å². The maximum absolute atomic E-state index is 4.27. The van der Waals surface area contributed by atoms with Gasteiger partial charge in [-0.25, -0.2) is 9.67 Å². The van der Waals surface area contributed by atoms with Crippen molar-refractivity contribution in [2.45, 2.75) is 45.2 Å². The zero-order valence-electron chi connectivity index (χ0n) is 9.56. The van der Waals surface area contributed by atoms with Crippen molar-refractivity contribution in [1.82, 2.24) is 20.1 Å². The second kappa shape index (κ2) is 4.75. The summed E-state index contributed by atoms with van der Waals surface area (Å²) in [4.78, 5) is 4.04. The van der Waals surface area contributed by atoms with Crippen molar-refractivity contribution in [2.75, 3.05) is 6.54 Å². The zero-order valence-corrected chi connectivity index (χ0v) is 9.56. The van der Waals surface area contributed by atoms with Gasteiger partial charge in [-0.05, 0) is 31.7 Å². The standard InChI is InChI=1S/C11H20N4/c1-3-13-10-5-4-9(2)6-11(10)15-8-12-7-14-15/h7-11,13H,3-6H2,1-2H3. The maximum Gasteiger partial charge on any atom is 0.137 e. The van der Waals surface area contributed by atoms with Crippen molar-refractivity contribution in [3.8, 4) is 0 Å². The number of hydrogen-bond donors (Lipinski definition) is 1. The van der Waals surface area contributed by atoms with Crippen LogP contribution in [-0.4, -0.2) is 27.4 Å². The van der Waals surface area contributed by atoms with E-state index in [1.54, 1.807) is 6.33 Å². The van der Waals surface area contributed by atoms with Crippen LogP contribution in [0.15, 0.2) is 12.7 Å². The highest BCUT2D eigenvalue weighted by atomic mass is 15.3. The smallest absolute Gasteiger partial charge is 0.137 e. The van der Waals surface area contributed by atoms with E-state index in [9.17, 15) is 0 Å². The van der Waals surface area contributed by atoms with Gasteiger partial charge in [0.1, 0.15) is 12.7 Å². The third kappa shape index (κ3) is 2.37. The van der Waals surface area contributed by atoms with E-state index in [1.807, 2.05) is 11.0 Å². The van der Waals surface area contributed by atoms with Crippen LogP contribution in [0.4, 0.5) is 0 Å². The summed E-state index contributed by atoms with van der Waals surface area (Å²) in [6.07, 6.45) is 7.25. The summed E-state index contributed by atoms with van der Waals surface area (Å²) < 4.78 is 2.02. The molecule has 1 aromatic rings. The molecule has 1 saturated carbocycles. The quantitative estimate of drug-likeness (QED) is 0.820. The monoisotopic (exact) mass is 208 g/mol. The number of rotatable bonds is 3. The Morgan fingerprint density at radius 2 is 2.33 bits per heavy atom. The molecule has 4 heteroatoms. The Balaban J connectivity index is 2.09. The van der Waals surface area contributed by atoms with E-state index >= 15 is 0 Å². The summed E-state index contributed by atoms with van der Waals surface area (Å²) in [5.74, 6) is 0.800. The molecular weight excluding hydrogens is 188 g/mol. The van der Waals surface area contributed by atoms with Crippen LogP contribution in [0, 0.1) is 5.92 Å². The minimum atomic E-state index is 0.483. The van der Waals surface area contributed by atoms with Crippen LogP contribution in [0.5, 0.6) is 0 Å². The normalized spacial score (nSPS) is 31.7. The molecule has 0 radical (unpaired) electrons. The van der Waals surface area contributed by atoms with Crippen LogP contribution < -0.4 is 5.32 Å². The van der Waals surface area contributed by atoms with Gasteiger partial charge >= 0.3 is 0 Å². The molecule has 0 spiro atoms. The summed E-state index contributed by atoms with van der Waals surface area (Å²) in [7, 11) is 0. The van der Waals surface area contributed by atoms with Crippen LogP contribution in [0.25, 0.3) is 0 Å². The van der Waals surface area contributed by atoms with E-state index in [4.69, 9.17) is 0 Å². The molecule has 0 aliphatic heterocycles. The third-order valence-electron chi connectivity index (χ3n) is 3.32. The van der Waals surface area contributed by atoms with Gasteiger partial charge in [0.05, 0.1) is 6.04 Å². The van der Waals surface area contributed by atoms with Gasteiger partial charge in [-0.3, -0.25) is 0 Å². The van der Waals surface area contributed by atoms with Crippen molar-refractivity contribution in [3.63, 3.8) is 0 Å². The fourth-order valence-electron chi connectivity index (χ4n) is 2.53. The van der Waals surface area contributed by atoms with E-state index in [0.29, 0.717) is 12.1 Å². The minimum absolute atomic E-state index is 0.483. The van der Waals surface area contributed by atoms with Gasteiger partial charge in [-0.15, -0.1) is 0 Å². The first-order valence-electron chi connectivity index (χ1n) is 5.88. The second-order valence-electron chi connectivity index (χ2n) is 4.53. The van der Waals surface area contributed by atoms with E-state index in [2.05, 4.69) is 29.2 Å². The van der Waals surface area contributed by atoms with Gasteiger partial charge in [0.25, 0.3) is 0 Å². The molecule has 1 aliphatic carbocycles. The van der Waals surface area contributed by atoms with Crippen molar-refractivity contribution >= 4 is 0 Å². The topological polar surface area (TPSA) is 42.7 Å². The van der Waals surface area contributed by atoms with Crippen molar-refractivity contribution < 1.29 is 0 Å². The van der Waals surface area contributed by atoms with Crippen molar-refractivity contribution in [2.24, 2.45) is 5.92 Å².